The third-order valence-corrected chi connectivity index (χ3v) is 2.52. The molecule has 1 aromatic heterocycles. The maximum atomic E-state index is 11.2. The zero-order valence-corrected chi connectivity index (χ0v) is 8.28. The van der Waals surface area contributed by atoms with Crippen LogP contribution in [-0.2, 0) is 15.1 Å². The van der Waals surface area contributed by atoms with Gasteiger partial charge in [-0.1, -0.05) is 0 Å². The fourth-order valence-electron chi connectivity index (χ4n) is 1.58. The summed E-state index contributed by atoms with van der Waals surface area (Å²) in [6.07, 6.45) is 3.31. The summed E-state index contributed by atoms with van der Waals surface area (Å²) < 4.78 is 0. The van der Waals surface area contributed by atoms with Gasteiger partial charge in [0, 0.05) is 18.9 Å². The van der Waals surface area contributed by atoms with Crippen LogP contribution in [0.3, 0.4) is 0 Å². The van der Waals surface area contributed by atoms with Crippen LogP contribution in [-0.4, -0.2) is 23.3 Å². The molecule has 1 aromatic rings. The van der Waals surface area contributed by atoms with Gasteiger partial charge in [0.25, 0.3) is 0 Å². The molecule has 2 amide bonds. The molecule has 5 nitrogen and oxygen atoms in total. The van der Waals surface area contributed by atoms with Gasteiger partial charge in [-0.25, -0.2) is 0 Å². The first kappa shape index (κ1) is 9.64. The number of amides is 2. The second-order valence-corrected chi connectivity index (χ2v) is 3.70. The molecule has 2 rings (SSSR count). The zero-order chi connectivity index (χ0) is 10.9. The Kier molecular flexibility index (Phi) is 2.15. The van der Waals surface area contributed by atoms with Crippen molar-refractivity contribution in [3.05, 3.63) is 30.1 Å². The van der Waals surface area contributed by atoms with Crippen LogP contribution in [0.2, 0.25) is 0 Å². The molecule has 0 aromatic carbocycles. The van der Waals surface area contributed by atoms with Crippen molar-refractivity contribution >= 4 is 11.8 Å². The molecule has 1 saturated heterocycles. The Bertz CT molecular complexity index is 404. The fourth-order valence-corrected chi connectivity index (χ4v) is 1.58. The lowest BCUT2D eigenvalue weighted by molar-refractivity contribution is -0.142. The lowest BCUT2D eigenvalue weighted by Crippen LogP contribution is -2.60. The van der Waals surface area contributed by atoms with E-state index in [0.717, 1.165) is 5.56 Å². The summed E-state index contributed by atoms with van der Waals surface area (Å²) >= 11 is 0. The summed E-state index contributed by atoms with van der Waals surface area (Å²) in [5.41, 5.74) is 0.374. The van der Waals surface area contributed by atoms with Gasteiger partial charge in [-0.15, -0.1) is 0 Å². The number of nitrogens with zero attached hydrogens (tertiary/aromatic N) is 1. The molecule has 0 radical (unpaired) electrons. The van der Waals surface area contributed by atoms with Crippen molar-refractivity contribution in [2.45, 2.75) is 12.5 Å². The van der Waals surface area contributed by atoms with Gasteiger partial charge in [0.1, 0.15) is 0 Å². The Labute approximate surface area is 86.9 Å². The first-order valence-corrected chi connectivity index (χ1v) is 4.63. The van der Waals surface area contributed by atoms with Gasteiger partial charge in [-0.3, -0.25) is 14.6 Å². The van der Waals surface area contributed by atoms with Gasteiger partial charge >= 0.3 is 11.8 Å². The molecule has 5 heteroatoms. The maximum absolute atomic E-state index is 11.2. The van der Waals surface area contributed by atoms with Gasteiger partial charge in [-0.05, 0) is 24.6 Å². The van der Waals surface area contributed by atoms with Crippen molar-refractivity contribution in [1.82, 2.24) is 15.6 Å². The molecule has 2 heterocycles. The highest BCUT2D eigenvalue weighted by Crippen LogP contribution is 2.20. The fraction of sp³-hybridized carbons (Fsp3) is 0.300. The molecule has 15 heavy (non-hydrogen) atoms. The molecule has 0 aliphatic carbocycles. The Balaban J connectivity index is 2.29. The van der Waals surface area contributed by atoms with E-state index < -0.39 is 17.4 Å². The maximum Gasteiger partial charge on any atom is 0.310 e. The summed E-state index contributed by atoms with van der Waals surface area (Å²) in [6.45, 7) is 2.25. The van der Waals surface area contributed by atoms with E-state index >= 15 is 0 Å². The van der Waals surface area contributed by atoms with Crippen molar-refractivity contribution in [2.24, 2.45) is 0 Å². The highest BCUT2D eigenvalue weighted by atomic mass is 16.2. The second kappa shape index (κ2) is 3.34. The van der Waals surface area contributed by atoms with E-state index in [2.05, 4.69) is 15.6 Å². The number of aromatic nitrogens is 1. The van der Waals surface area contributed by atoms with E-state index in [9.17, 15) is 9.59 Å². The number of carbonyl (C=O) groups excluding carboxylic acids is 2. The number of hydrogen-bond donors (Lipinski definition) is 2. The molecule has 1 aliphatic rings. The molecular formula is C10H11N3O2. The third kappa shape index (κ3) is 1.68. The average molecular weight is 205 g/mol. The summed E-state index contributed by atoms with van der Waals surface area (Å²) in [5.74, 6) is -1.18. The summed E-state index contributed by atoms with van der Waals surface area (Å²) in [4.78, 5) is 26.1. The van der Waals surface area contributed by atoms with E-state index in [1.165, 1.54) is 0 Å². The minimum Gasteiger partial charge on any atom is -0.345 e. The predicted octanol–water partition coefficient (Wildman–Crippen LogP) is -0.457. The molecule has 0 saturated carbocycles. The van der Waals surface area contributed by atoms with Gasteiger partial charge < -0.3 is 10.6 Å². The first-order chi connectivity index (χ1) is 7.12. The molecule has 0 spiro atoms. The first-order valence-electron chi connectivity index (χ1n) is 4.63. The van der Waals surface area contributed by atoms with Crippen LogP contribution in [0.25, 0.3) is 0 Å². The smallest absolute Gasteiger partial charge is 0.310 e. The van der Waals surface area contributed by atoms with Gasteiger partial charge in [0.05, 0.1) is 5.54 Å². The quantitative estimate of drug-likeness (QED) is 0.609. The zero-order valence-electron chi connectivity index (χ0n) is 8.28. The monoisotopic (exact) mass is 205 g/mol. The van der Waals surface area contributed by atoms with Gasteiger partial charge in [-0.2, -0.15) is 0 Å². The third-order valence-electron chi connectivity index (χ3n) is 2.52. The summed E-state index contributed by atoms with van der Waals surface area (Å²) in [5, 5.41) is 5.23. The minimum atomic E-state index is -0.597. The van der Waals surface area contributed by atoms with Crippen LogP contribution < -0.4 is 10.6 Å². The van der Waals surface area contributed by atoms with E-state index in [4.69, 9.17) is 0 Å². The van der Waals surface area contributed by atoms with E-state index in [-0.39, 0.29) is 0 Å². The summed E-state index contributed by atoms with van der Waals surface area (Å²) in [6, 6.07) is 3.63. The number of piperazine rings is 1. The van der Waals surface area contributed by atoms with E-state index in [1.54, 1.807) is 12.4 Å². The molecule has 1 fully saturated rings. The van der Waals surface area contributed by atoms with Crippen LogP contribution >= 0.6 is 0 Å². The van der Waals surface area contributed by atoms with Crippen LogP contribution in [0, 0.1) is 0 Å². The molecule has 1 unspecified atom stereocenters. The van der Waals surface area contributed by atoms with Crippen molar-refractivity contribution in [1.29, 1.82) is 0 Å². The number of nitrogens with one attached hydrogen (secondary N) is 2. The Morgan fingerprint density at radius 2 is 1.93 bits per heavy atom. The highest BCUT2D eigenvalue weighted by molar-refractivity contribution is 6.35. The average Bonchev–Trinajstić information content (AvgIpc) is 2.26. The Morgan fingerprint density at radius 1 is 1.27 bits per heavy atom. The van der Waals surface area contributed by atoms with Crippen molar-refractivity contribution < 1.29 is 9.59 Å². The van der Waals surface area contributed by atoms with Crippen LogP contribution in [0.5, 0.6) is 0 Å². The van der Waals surface area contributed by atoms with Crippen LogP contribution in [0.4, 0.5) is 0 Å². The lowest BCUT2D eigenvalue weighted by Gasteiger charge is -2.34. The molecular weight excluding hydrogens is 194 g/mol. The lowest BCUT2D eigenvalue weighted by atomic mass is 9.91. The molecule has 1 aliphatic heterocycles. The minimum absolute atomic E-state index is 0.390. The number of carbonyl (C=O) groups is 2. The number of hydrogen-bond acceptors (Lipinski definition) is 3. The van der Waals surface area contributed by atoms with Gasteiger partial charge in [0.2, 0.25) is 0 Å². The van der Waals surface area contributed by atoms with Crippen LogP contribution in [0.15, 0.2) is 24.5 Å². The predicted molar refractivity (Wildman–Crippen MR) is 52.7 cm³/mol. The van der Waals surface area contributed by atoms with Crippen LogP contribution in [0.1, 0.15) is 12.5 Å². The van der Waals surface area contributed by atoms with E-state index in [1.807, 2.05) is 19.1 Å². The van der Waals surface area contributed by atoms with Crippen molar-refractivity contribution in [3.8, 4) is 0 Å². The largest absolute Gasteiger partial charge is 0.345 e. The SMILES string of the molecule is CC1(c2ccncc2)CNC(=O)C(=O)N1. The second-order valence-electron chi connectivity index (χ2n) is 3.70. The standard InChI is InChI=1S/C10H11N3O2/c1-10(7-2-4-11-5-3-7)6-12-8(14)9(15)13-10/h2-5H,6H2,1H3,(H,12,14)(H,13,15). The van der Waals surface area contributed by atoms with E-state index in [0.29, 0.717) is 6.54 Å². The normalized spacial score (nSPS) is 25.7. The number of pyridine rings is 1. The number of rotatable bonds is 1. The highest BCUT2D eigenvalue weighted by Gasteiger charge is 2.35. The Hall–Kier alpha value is -1.91. The van der Waals surface area contributed by atoms with Gasteiger partial charge in [0.15, 0.2) is 0 Å². The molecule has 2 N–H and O–H groups in total. The molecule has 78 valence electrons. The van der Waals surface area contributed by atoms with Crippen molar-refractivity contribution in [2.75, 3.05) is 6.54 Å². The summed E-state index contributed by atoms with van der Waals surface area (Å²) in [7, 11) is 0. The topological polar surface area (TPSA) is 71.1 Å². The molecule has 1 atom stereocenters. The molecule has 0 bridgehead atoms. The van der Waals surface area contributed by atoms with Crippen molar-refractivity contribution in [3.63, 3.8) is 0 Å². The Morgan fingerprint density at radius 3 is 2.53 bits per heavy atom.